The molecule has 0 unspecified atom stereocenters. The number of rotatable bonds is 37. The Morgan fingerprint density at radius 3 is 1.21 bits per heavy atom. The van der Waals surface area contributed by atoms with Gasteiger partial charge >= 0.3 is 0 Å². The quantitative estimate of drug-likeness (QED) is 0.0281. The first-order valence-electron chi connectivity index (χ1n) is 24.5. The minimum Gasteiger partial charge on any atom is -0.254 e. The van der Waals surface area contributed by atoms with Gasteiger partial charge in [0.15, 0.2) is 0 Å². The summed E-state index contributed by atoms with van der Waals surface area (Å²) in [6.45, 7) is 6.89. The molecule has 2 aromatic rings. The van der Waals surface area contributed by atoms with Crippen LogP contribution in [0.1, 0.15) is 244 Å². The Hall–Kier alpha value is -2.17. The Balaban J connectivity index is 0.0000162. The van der Waals surface area contributed by atoms with E-state index in [4.69, 9.17) is 9.98 Å². The van der Waals surface area contributed by atoms with Gasteiger partial charge in [-0.25, -0.2) is 4.99 Å². The van der Waals surface area contributed by atoms with E-state index in [1.54, 1.807) is 0 Å². The van der Waals surface area contributed by atoms with E-state index >= 15 is 0 Å². The molecule has 0 radical (unpaired) electrons. The van der Waals surface area contributed by atoms with Crippen LogP contribution in [0.25, 0.3) is 0 Å². The maximum Gasteiger partial charge on any atom is 0.132 e. The fourth-order valence-corrected chi connectivity index (χ4v) is 7.78. The third kappa shape index (κ3) is 32.4. The van der Waals surface area contributed by atoms with Crippen molar-refractivity contribution in [2.75, 3.05) is 0 Å². The van der Waals surface area contributed by atoms with Gasteiger partial charge in [-0.3, -0.25) is 4.99 Å². The molecule has 3 heteroatoms. The van der Waals surface area contributed by atoms with Gasteiger partial charge in [-0.2, -0.15) is 0 Å². The average molecular weight is 824 g/mol. The molecular formula is C54H88N2Ni. The molecule has 2 rings (SSSR count). The Kier molecular flexibility index (Phi) is 37.7. The molecule has 0 bridgehead atoms. The standard InChI is InChI=1S/C54H88N2.Ni/c1-4-7-10-13-16-19-22-25-28-31-34-37-44-54(56-53-46-39-43-51(48-53)41-36-33-30-27-24-21-18-15-12-9-6-3)49-55-52-45-38-42-50(47-52)40-35-32-29-26-23-20-17-14-11-8-5-2;/h38-39,42-43,45-49H,4-36,40-41H2,1-3H3;. The molecule has 2 aromatic carbocycles. The Bertz CT molecular complexity index is 1300. The molecule has 0 saturated carbocycles. The summed E-state index contributed by atoms with van der Waals surface area (Å²) in [5, 5.41) is 0. The van der Waals surface area contributed by atoms with Gasteiger partial charge in [0, 0.05) is 22.9 Å². The van der Waals surface area contributed by atoms with Crippen LogP contribution in [-0.4, -0.2) is 11.9 Å². The fourth-order valence-electron chi connectivity index (χ4n) is 7.78. The fraction of sp³-hybridized carbons (Fsp3) is 0.704. The van der Waals surface area contributed by atoms with Crippen LogP contribution in [0, 0.1) is 11.8 Å². The van der Waals surface area contributed by atoms with Crippen molar-refractivity contribution in [3.8, 4) is 11.8 Å². The first kappa shape index (κ1) is 52.9. The van der Waals surface area contributed by atoms with Crippen LogP contribution in [0.2, 0.25) is 0 Å². The van der Waals surface area contributed by atoms with Gasteiger partial charge in [0.1, 0.15) is 5.71 Å². The maximum atomic E-state index is 5.05. The molecule has 0 spiro atoms. The molecule has 57 heavy (non-hydrogen) atoms. The number of unbranched alkanes of at least 4 members (excludes halogenated alkanes) is 30. The van der Waals surface area contributed by atoms with E-state index in [2.05, 4.69) is 81.1 Å². The van der Waals surface area contributed by atoms with Gasteiger partial charge in [0.25, 0.3) is 0 Å². The van der Waals surface area contributed by atoms with Gasteiger partial charge < -0.3 is 0 Å². The summed E-state index contributed by atoms with van der Waals surface area (Å²) >= 11 is 0. The number of hydrogen-bond donors (Lipinski definition) is 0. The molecule has 0 aromatic heterocycles. The smallest absolute Gasteiger partial charge is 0.132 e. The number of aliphatic imine (C=N–C) groups is 2. The van der Waals surface area contributed by atoms with Crippen molar-refractivity contribution in [2.45, 2.75) is 245 Å². The second-order valence-corrected chi connectivity index (χ2v) is 16.9. The van der Waals surface area contributed by atoms with Crippen LogP contribution in [0.15, 0.2) is 58.5 Å². The number of hydrogen-bond acceptors (Lipinski definition) is 2. The van der Waals surface area contributed by atoms with E-state index in [1.165, 1.54) is 217 Å². The number of benzene rings is 2. The molecular weight excluding hydrogens is 735 g/mol. The van der Waals surface area contributed by atoms with Gasteiger partial charge in [0.05, 0.1) is 17.6 Å². The normalized spacial score (nSPS) is 11.5. The van der Waals surface area contributed by atoms with E-state index in [0.29, 0.717) is 0 Å². The van der Waals surface area contributed by atoms with Crippen LogP contribution < -0.4 is 0 Å². The topological polar surface area (TPSA) is 24.7 Å². The van der Waals surface area contributed by atoms with Crippen molar-refractivity contribution in [3.63, 3.8) is 0 Å². The summed E-state index contributed by atoms with van der Waals surface area (Å²) in [7, 11) is 0. The summed E-state index contributed by atoms with van der Waals surface area (Å²) in [5.74, 6) is 6.88. The number of aryl methyl sites for hydroxylation is 2. The molecule has 0 atom stereocenters. The Morgan fingerprint density at radius 1 is 0.439 bits per heavy atom. The van der Waals surface area contributed by atoms with Gasteiger partial charge in [-0.15, -0.1) is 0 Å². The van der Waals surface area contributed by atoms with Crippen LogP contribution >= 0.6 is 0 Å². The predicted octanol–water partition coefficient (Wildman–Crippen LogP) is 18.2. The minimum absolute atomic E-state index is 0. The van der Waals surface area contributed by atoms with Crippen molar-refractivity contribution in [3.05, 3.63) is 59.7 Å². The zero-order valence-corrected chi connectivity index (χ0v) is 38.6. The summed E-state index contributed by atoms with van der Waals surface area (Å²) in [4.78, 5) is 9.97. The minimum atomic E-state index is 0. The van der Waals surface area contributed by atoms with Crippen molar-refractivity contribution in [1.82, 2.24) is 0 Å². The zero-order valence-electron chi connectivity index (χ0n) is 37.7. The largest absolute Gasteiger partial charge is 0.254 e. The van der Waals surface area contributed by atoms with Crippen molar-refractivity contribution in [1.29, 1.82) is 0 Å². The molecule has 324 valence electrons. The molecule has 0 fully saturated rings. The Morgan fingerprint density at radius 2 is 0.789 bits per heavy atom. The summed E-state index contributed by atoms with van der Waals surface area (Å²) in [6.07, 6.45) is 49.0. The van der Waals surface area contributed by atoms with E-state index in [1.807, 2.05) is 6.21 Å². The first-order valence-corrected chi connectivity index (χ1v) is 24.5. The summed E-state index contributed by atoms with van der Waals surface area (Å²) in [6, 6.07) is 17.6. The van der Waals surface area contributed by atoms with Gasteiger partial charge in [-0.1, -0.05) is 237 Å². The molecule has 0 heterocycles. The number of nitrogens with zero attached hydrogens (tertiary/aromatic N) is 2. The average Bonchev–Trinajstić information content (AvgIpc) is 3.21. The molecule has 2 nitrogen and oxygen atoms in total. The second-order valence-electron chi connectivity index (χ2n) is 16.9. The van der Waals surface area contributed by atoms with Gasteiger partial charge in [0.2, 0.25) is 0 Å². The summed E-state index contributed by atoms with van der Waals surface area (Å²) in [5.41, 5.74) is 5.52. The molecule has 0 N–H and O–H groups in total. The molecule has 0 saturated heterocycles. The maximum absolute atomic E-state index is 5.05. The monoisotopic (exact) mass is 823 g/mol. The molecule has 0 aliphatic carbocycles. The van der Waals surface area contributed by atoms with Crippen molar-refractivity contribution >= 4 is 23.3 Å². The van der Waals surface area contributed by atoms with Crippen molar-refractivity contribution in [2.24, 2.45) is 9.98 Å². The van der Waals surface area contributed by atoms with E-state index in [-0.39, 0.29) is 16.5 Å². The first-order chi connectivity index (χ1) is 27.7. The third-order valence-electron chi connectivity index (χ3n) is 11.4. The van der Waals surface area contributed by atoms with E-state index in [9.17, 15) is 0 Å². The molecule has 0 aliphatic rings. The summed E-state index contributed by atoms with van der Waals surface area (Å²) < 4.78 is 0. The van der Waals surface area contributed by atoms with Crippen LogP contribution in [0.3, 0.4) is 0 Å². The third-order valence-corrected chi connectivity index (χ3v) is 11.4. The van der Waals surface area contributed by atoms with Crippen LogP contribution in [0.4, 0.5) is 11.4 Å². The Labute approximate surface area is 365 Å². The molecule has 0 amide bonds. The molecule has 0 aliphatic heterocycles. The van der Waals surface area contributed by atoms with Crippen LogP contribution in [-0.2, 0) is 29.3 Å². The van der Waals surface area contributed by atoms with Crippen molar-refractivity contribution < 1.29 is 16.5 Å². The second kappa shape index (κ2) is 40.6. The zero-order chi connectivity index (χ0) is 39.8. The van der Waals surface area contributed by atoms with E-state index in [0.717, 1.165) is 36.3 Å². The van der Waals surface area contributed by atoms with E-state index < -0.39 is 0 Å². The van der Waals surface area contributed by atoms with Crippen LogP contribution in [0.5, 0.6) is 0 Å². The predicted molar refractivity (Wildman–Crippen MR) is 253 cm³/mol. The SMILES string of the molecule is CCCCCCCCCCCCC#CC(C=Nc1cccc(CCCCCCCCCCCCC)c1)=Nc1cccc(CCCCCCCCCCCCC)c1.[Ni]. The van der Waals surface area contributed by atoms with Gasteiger partial charge in [-0.05, 0) is 73.4 Å².